The lowest BCUT2D eigenvalue weighted by molar-refractivity contribution is -0.150. The zero-order valence-electron chi connectivity index (χ0n) is 71.6. The van der Waals surface area contributed by atoms with Gasteiger partial charge in [0.2, 0.25) is 112 Å². The number of hydrogen-bond donors (Lipinski definition) is 19. The summed E-state index contributed by atoms with van der Waals surface area (Å²) in [6.07, 6.45) is -2.30. The Bertz CT molecular complexity index is 4440. The average Bonchev–Trinajstić information content (AvgIpc) is 1.65. The molecule has 0 aromatic heterocycles. The monoisotopic (exact) mass is 1800 g/mol. The number of amides is 19. The van der Waals surface area contributed by atoms with Crippen LogP contribution in [-0.4, -0.2) is 319 Å². The van der Waals surface area contributed by atoms with Crippen LogP contribution in [0, 0.1) is 11.8 Å². The minimum Gasteiger partial charge on any atom is -0.508 e. The number of nitrogens with zero attached hydrogens (tertiary/aromatic N) is 5. The van der Waals surface area contributed by atoms with Gasteiger partial charge in [0.25, 0.3) is 0 Å². The van der Waals surface area contributed by atoms with Gasteiger partial charge in [-0.25, -0.2) is 4.79 Å². The molecule has 0 spiro atoms. The van der Waals surface area contributed by atoms with E-state index in [9.17, 15) is 126 Å². The highest BCUT2D eigenvalue weighted by atomic mass is 16.4. The third-order valence-electron chi connectivity index (χ3n) is 22.1. The van der Waals surface area contributed by atoms with Gasteiger partial charge < -0.3 is 126 Å². The van der Waals surface area contributed by atoms with Crippen LogP contribution in [0.1, 0.15) is 148 Å². The number of nitrogens with two attached hydrogens (primary N) is 3. The first-order valence-corrected chi connectivity index (χ1v) is 42.4. The lowest BCUT2D eigenvalue weighted by atomic mass is 10.00. The third-order valence-corrected chi connectivity index (χ3v) is 22.1. The number of nitrogens with one attached hydrogen (secondary N) is 12. The number of aliphatic carboxylic acids is 3. The number of phenols is 1. The van der Waals surface area contributed by atoms with Crippen molar-refractivity contribution in [2.24, 2.45) is 29.0 Å². The topological polar surface area (TPSA) is 695 Å². The summed E-state index contributed by atoms with van der Waals surface area (Å²) in [5, 5.41) is 68.0. The van der Waals surface area contributed by atoms with E-state index in [1.54, 1.807) is 58.0 Å². The summed E-state index contributed by atoms with van der Waals surface area (Å²) in [6.45, 7) is 3.36. The highest BCUT2D eigenvalue weighted by Crippen LogP contribution is 2.28. The van der Waals surface area contributed by atoms with Gasteiger partial charge >= 0.3 is 17.9 Å². The number of carboxylic acid groups (broad SMARTS) is 3. The standard InChI is InChI=1S/C82H116N20O26/c1-43(2)31-49(90-63(106)38-83)72(117)93-48(24-25-68(111)112)71(116)97-54(36-62(85)105)79(124)100-28-8-15-56(100)75(120)88-39-64(107)86-40-65(108)91-53(34-45-13-6-5-7-14-45)78(123)99-27-9-16-57(99)76(121)89-42-67(110)98-26-11-18-59(98)81(126)101-29-10-17-58(101)77(122)96-52(35-61(84)104)74(119)94-50(32-44(3)4)73(118)95-51(33-46-20-22-47(103)23-21-46)70(115)87-41-66(109)92-55(37-69(113)114)80(125)102-30-12-19-60(102)82(127)128/h5-7,13-14,20-23,43-44,48-60,103H,8-12,15-19,24-42,83H2,1-4H3,(H2,84,104)(H2,85,105)(H,86,107)(H,87,115)(H,88,120)(H,89,121)(H,90,106)(H,91,108)(H,92,109)(H,93,117)(H,94,119)(H,95,118)(H,96,122)(H,97,116)(H,111,112)(H,113,114)(H,127,128)/t48-,49-,50-,51-,52-,53-,54-,55-,56-,57-,58-,59-,60-/m0/s1. The van der Waals surface area contributed by atoms with E-state index in [4.69, 9.17) is 17.2 Å². The molecule has 0 aliphatic carbocycles. The van der Waals surface area contributed by atoms with Gasteiger partial charge in [-0.2, -0.15) is 0 Å². The van der Waals surface area contributed by atoms with E-state index in [2.05, 4.69) is 63.8 Å². The number of hydrogen-bond acceptors (Lipinski definition) is 24. The summed E-state index contributed by atoms with van der Waals surface area (Å²) in [4.78, 5) is 302. The van der Waals surface area contributed by atoms with E-state index in [0.717, 1.165) is 9.80 Å². The Labute approximate surface area is 735 Å². The van der Waals surface area contributed by atoms with E-state index in [1.165, 1.54) is 39.0 Å². The van der Waals surface area contributed by atoms with Gasteiger partial charge in [0.1, 0.15) is 84.3 Å². The van der Waals surface area contributed by atoms with Gasteiger partial charge in [-0.3, -0.25) is 101 Å². The largest absolute Gasteiger partial charge is 0.508 e. The number of phenolic OH excluding ortho intramolecular Hbond substituents is 1. The molecule has 2 aromatic carbocycles. The maximum atomic E-state index is 14.6. The molecule has 46 heteroatoms. The number of carbonyl (C=O) groups is 22. The highest BCUT2D eigenvalue weighted by molar-refractivity contribution is 6.02. The van der Waals surface area contributed by atoms with Crippen molar-refractivity contribution < 1.29 is 126 Å². The summed E-state index contributed by atoms with van der Waals surface area (Å²) in [7, 11) is 0. The summed E-state index contributed by atoms with van der Waals surface area (Å²) in [6, 6.07) is -4.72. The Morgan fingerprint density at radius 3 is 1.31 bits per heavy atom. The van der Waals surface area contributed by atoms with Crippen LogP contribution in [0.5, 0.6) is 5.75 Å². The Hall–Kier alpha value is -13.5. The Morgan fingerprint density at radius 2 is 0.781 bits per heavy atom. The fourth-order valence-electron chi connectivity index (χ4n) is 15.9. The molecule has 5 fully saturated rings. The molecule has 7 rings (SSSR count). The molecule has 0 unspecified atom stereocenters. The highest BCUT2D eigenvalue weighted by Gasteiger charge is 2.47. The quantitative estimate of drug-likeness (QED) is 0.0293. The van der Waals surface area contributed by atoms with Crippen LogP contribution in [-0.2, 0) is 118 Å². The lowest BCUT2D eigenvalue weighted by Gasteiger charge is -2.32. The van der Waals surface area contributed by atoms with Crippen molar-refractivity contribution in [1.29, 1.82) is 0 Å². The smallest absolute Gasteiger partial charge is 0.326 e. The van der Waals surface area contributed by atoms with Crippen molar-refractivity contribution in [3.63, 3.8) is 0 Å². The van der Waals surface area contributed by atoms with Crippen molar-refractivity contribution in [3.8, 4) is 5.75 Å². The van der Waals surface area contributed by atoms with Gasteiger partial charge in [-0.05, 0) is 119 Å². The first-order chi connectivity index (χ1) is 60.6. The van der Waals surface area contributed by atoms with Crippen LogP contribution in [0.4, 0.5) is 0 Å². The van der Waals surface area contributed by atoms with Gasteiger partial charge in [0.15, 0.2) is 0 Å². The molecule has 2 aromatic rings. The summed E-state index contributed by atoms with van der Waals surface area (Å²) in [5.41, 5.74) is 17.5. The van der Waals surface area contributed by atoms with Gasteiger partial charge in [0, 0.05) is 52.0 Å². The normalized spacial score (nSPS) is 18.9. The van der Waals surface area contributed by atoms with Crippen LogP contribution in [0.25, 0.3) is 0 Å². The van der Waals surface area contributed by atoms with E-state index in [-0.39, 0.29) is 121 Å². The number of benzene rings is 2. The zero-order chi connectivity index (χ0) is 94.3. The van der Waals surface area contributed by atoms with Gasteiger partial charge in [-0.1, -0.05) is 70.2 Å². The van der Waals surface area contributed by atoms with E-state index >= 15 is 0 Å². The van der Waals surface area contributed by atoms with Crippen LogP contribution in [0.3, 0.4) is 0 Å². The SMILES string of the molecule is CC(C)C[C@H](NC(=O)CN)C(=O)N[C@@H](CCC(=O)O)C(=O)N[C@@H](CC(N)=O)C(=O)N1CCC[C@H]1C(=O)NCC(=O)NCC(=O)N[C@@H](Cc1ccccc1)C(=O)N1CCC[C@H]1C(=O)NCC(=O)N1CCC[C@H]1C(=O)N1CCC[C@H]1C(=O)N[C@@H](CC(N)=O)C(=O)N[C@@H](CC(C)C)C(=O)N[C@@H](Cc1ccc(O)cc1)C(=O)NCC(=O)N[C@@H](CC(=O)O)C(=O)N1CCC[C@H]1C(=O)O. The fraction of sp³-hybridized carbons (Fsp3) is 0.585. The van der Waals surface area contributed by atoms with E-state index in [1.807, 2.05) is 0 Å². The minimum absolute atomic E-state index is 0.00490. The number of carbonyl (C=O) groups excluding carboxylic acids is 19. The van der Waals surface area contributed by atoms with Crippen LogP contribution in [0.15, 0.2) is 54.6 Å². The molecule has 19 amide bonds. The number of rotatable bonds is 47. The van der Waals surface area contributed by atoms with Gasteiger partial charge in [-0.15, -0.1) is 0 Å². The molecular formula is C82H116N20O26. The van der Waals surface area contributed by atoms with Crippen molar-refractivity contribution in [2.75, 3.05) is 65.4 Å². The first kappa shape index (κ1) is 102. The Morgan fingerprint density at radius 1 is 0.375 bits per heavy atom. The van der Waals surface area contributed by atoms with Crippen molar-refractivity contribution in [3.05, 3.63) is 65.7 Å². The fourth-order valence-corrected chi connectivity index (χ4v) is 15.9. The Balaban J connectivity index is 0.927. The average molecular weight is 1800 g/mol. The molecule has 13 atom stereocenters. The molecule has 5 heterocycles. The maximum Gasteiger partial charge on any atom is 0.326 e. The van der Waals surface area contributed by atoms with Crippen LogP contribution in [0.2, 0.25) is 0 Å². The molecule has 22 N–H and O–H groups in total. The van der Waals surface area contributed by atoms with Crippen molar-refractivity contribution in [2.45, 2.75) is 228 Å². The number of likely N-dealkylation sites (tertiary alicyclic amines) is 5. The molecule has 0 radical (unpaired) electrons. The van der Waals surface area contributed by atoms with Crippen LogP contribution >= 0.6 is 0 Å². The molecule has 0 bridgehead atoms. The Kier molecular flexibility index (Phi) is 38.8. The molecular weight excluding hydrogens is 1680 g/mol. The predicted molar refractivity (Wildman–Crippen MR) is 445 cm³/mol. The second-order valence-corrected chi connectivity index (χ2v) is 32.8. The van der Waals surface area contributed by atoms with E-state index < -0.39 is 274 Å². The molecule has 46 nitrogen and oxygen atoms in total. The van der Waals surface area contributed by atoms with Crippen LogP contribution < -0.4 is 81.0 Å². The van der Waals surface area contributed by atoms with Crippen molar-refractivity contribution in [1.82, 2.24) is 88.3 Å². The molecule has 700 valence electrons. The van der Waals surface area contributed by atoms with E-state index in [0.29, 0.717) is 30.4 Å². The third kappa shape index (κ3) is 30.7. The van der Waals surface area contributed by atoms with Gasteiger partial charge in [0.05, 0.1) is 52.0 Å². The molecule has 128 heavy (non-hydrogen) atoms. The number of carboxylic acids is 3. The second kappa shape index (κ2) is 48.9. The summed E-state index contributed by atoms with van der Waals surface area (Å²) < 4.78 is 0. The minimum atomic E-state index is -1.77. The number of primary amides is 2. The predicted octanol–water partition coefficient (Wildman–Crippen LogP) is -7.30. The summed E-state index contributed by atoms with van der Waals surface area (Å²) >= 11 is 0. The lowest BCUT2D eigenvalue weighted by Crippen LogP contribution is -2.60. The first-order valence-electron chi connectivity index (χ1n) is 42.4. The summed E-state index contributed by atoms with van der Waals surface area (Å²) in [5.74, 6) is -22.1. The molecule has 5 saturated heterocycles. The zero-order valence-corrected chi connectivity index (χ0v) is 71.6. The number of aromatic hydroxyl groups is 1. The molecule has 5 aliphatic rings. The molecule has 5 aliphatic heterocycles. The molecule has 0 saturated carbocycles. The maximum absolute atomic E-state index is 14.6. The second-order valence-electron chi connectivity index (χ2n) is 32.8. The van der Waals surface area contributed by atoms with Crippen molar-refractivity contribution >= 4 is 130 Å².